The molecule has 1 aliphatic heterocycles. The zero-order valence-electron chi connectivity index (χ0n) is 14.1. The second-order valence-corrected chi connectivity index (χ2v) is 6.41. The molecule has 0 aromatic carbocycles. The molecule has 8 heteroatoms. The first-order chi connectivity index (χ1) is 12.0. The number of ether oxygens (including phenoxy) is 1. The molecule has 3 rings (SSSR count). The van der Waals surface area contributed by atoms with Gasteiger partial charge < -0.3 is 14.6 Å². The maximum atomic E-state index is 12.8. The van der Waals surface area contributed by atoms with E-state index in [-0.39, 0.29) is 17.6 Å². The van der Waals surface area contributed by atoms with Gasteiger partial charge in [0.2, 0.25) is 0 Å². The Balaban J connectivity index is 1.68. The van der Waals surface area contributed by atoms with Crippen LogP contribution in [0.2, 0.25) is 5.02 Å². The summed E-state index contributed by atoms with van der Waals surface area (Å²) >= 11 is 6.18. The van der Waals surface area contributed by atoms with E-state index in [1.54, 1.807) is 37.2 Å². The predicted octanol–water partition coefficient (Wildman–Crippen LogP) is 2.12. The molecule has 3 heterocycles. The fraction of sp³-hybridized carbons (Fsp3) is 0.412. The van der Waals surface area contributed by atoms with Crippen LogP contribution in [-0.4, -0.2) is 45.0 Å². The number of nitrogens with one attached hydrogen (secondary N) is 1. The fourth-order valence-corrected chi connectivity index (χ4v) is 3.08. The van der Waals surface area contributed by atoms with Crippen LogP contribution in [0.25, 0.3) is 0 Å². The van der Waals surface area contributed by atoms with Gasteiger partial charge >= 0.3 is 6.01 Å². The summed E-state index contributed by atoms with van der Waals surface area (Å²) in [5.41, 5.74) is 0.793. The summed E-state index contributed by atoms with van der Waals surface area (Å²) in [6.45, 7) is 4.40. The number of hydrogen-bond donors (Lipinski definition) is 1. The zero-order valence-corrected chi connectivity index (χ0v) is 14.8. The first-order valence-corrected chi connectivity index (χ1v) is 8.47. The van der Waals surface area contributed by atoms with E-state index in [0.29, 0.717) is 48.2 Å². The summed E-state index contributed by atoms with van der Waals surface area (Å²) < 4.78 is 5.72. The number of aryl methyl sites for hydroxylation is 1. The number of hydrogen-bond acceptors (Lipinski definition) is 5. The van der Waals surface area contributed by atoms with E-state index in [4.69, 9.17) is 16.3 Å². The highest BCUT2D eigenvalue weighted by atomic mass is 35.5. The Morgan fingerprint density at radius 1 is 1.28 bits per heavy atom. The Bertz CT molecular complexity index is 830. The van der Waals surface area contributed by atoms with E-state index in [1.807, 2.05) is 0 Å². The number of H-pyrrole nitrogens is 1. The van der Waals surface area contributed by atoms with Crippen molar-refractivity contribution >= 4 is 17.5 Å². The van der Waals surface area contributed by atoms with Gasteiger partial charge in [-0.15, -0.1) is 0 Å². The van der Waals surface area contributed by atoms with Crippen LogP contribution in [-0.2, 0) is 0 Å². The number of likely N-dealkylation sites (tertiary alicyclic amines) is 1. The summed E-state index contributed by atoms with van der Waals surface area (Å²) in [4.78, 5) is 37.3. The van der Waals surface area contributed by atoms with Gasteiger partial charge in [0.1, 0.15) is 11.7 Å². The molecular weight excluding hydrogens is 344 g/mol. The van der Waals surface area contributed by atoms with Crippen molar-refractivity contribution in [1.29, 1.82) is 0 Å². The summed E-state index contributed by atoms with van der Waals surface area (Å²) in [5, 5.41) is 0.419. The van der Waals surface area contributed by atoms with Gasteiger partial charge in [-0.3, -0.25) is 9.59 Å². The van der Waals surface area contributed by atoms with Crippen LogP contribution in [0, 0.1) is 13.8 Å². The first-order valence-electron chi connectivity index (χ1n) is 8.09. The number of carbonyl (C=O) groups is 1. The van der Waals surface area contributed by atoms with Gasteiger partial charge in [-0.2, -0.15) is 0 Å². The van der Waals surface area contributed by atoms with Crippen molar-refractivity contribution in [3.05, 3.63) is 50.7 Å². The maximum absolute atomic E-state index is 12.8. The van der Waals surface area contributed by atoms with Crippen molar-refractivity contribution in [1.82, 2.24) is 19.9 Å². The molecule has 1 aliphatic rings. The van der Waals surface area contributed by atoms with Gasteiger partial charge in [0, 0.05) is 44.0 Å². The van der Waals surface area contributed by atoms with Crippen LogP contribution in [0.5, 0.6) is 6.01 Å². The lowest BCUT2D eigenvalue weighted by molar-refractivity contribution is 0.0576. The number of halogens is 1. The first kappa shape index (κ1) is 17.4. The highest BCUT2D eigenvalue weighted by Gasteiger charge is 2.28. The number of pyridine rings is 1. The second kappa shape index (κ2) is 7.23. The van der Waals surface area contributed by atoms with Crippen LogP contribution in [0.4, 0.5) is 0 Å². The second-order valence-electron chi connectivity index (χ2n) is 6.03. The Kier molecular flexibility index (Phi) is 5.03. The van der Waals surface area contributed by atoms with E-state index < -0.39 is 5.56 Å². The molecule has 0 bridgehead atoms. The van der Waals surface area contributed by atoms with Crippen molar-refractivity contribution in [3.8, 4) is 6.01 Å². The summed E-state index contributed by atoms with van der Waals surface area (Å²) in [6.07, 6.45) is 4.50. The number of carbonyl (C=O) groups excluding carboxylic acids is 1. The lowest BCUT2D eigenvalue weighted by atomic mass is 10.0. The molecule has 1 amide bonds. The molecule has 132 valence electrons. The number of aromatic nitrogens is 3. The predicted molar refractivity (Wildman–Crippen MR) is 93.1 cm³/mol. The van der Waals surface area contributed by atoms with E-state index in [1.165, 1.54) is 0 Å². The Hall–Kier alpha value is -2.41. The molecule has 1 fully saturated rings. The van der Waals surface area contributed by atoms with Gasteiger partial charge in [0.05, 0.1) is 5.02 Å². The standard InChI is InChI=1S/C17H19ClN4O3/c1-10-13(15(23)21-11(2)14(10)18)16(24)22-8-4-12(5-9-22)25-17-19-6-3-7-20-17/h3,6-7,12H,4-5,8-9H2,1-2H3,(H,21,23). The smallest absolute Gasteiger partial charge is 0.316 e. The van der Waals surface area contributed by atoms with Gasteiger partial charge in [0.15, 0.2) is 0 Å². The maximum Gasteiger partial charge on any atom is 0.316 e. The highest BCUT2D eigenvalue weighted by Crippen LogP contribution is 2.22. The molecule has 2 aromatic heterocycles. The van der Waals surface area contributed by atoms with Crippen LogP contribution in [0.1, 0.15) is 34.5 Å². The summed E-state index contributed by atoms with van der Waals surface area (Å²) in [5.74, 6) is -0.296. The summed E-state index contributed by atoms with van der Waals surface area (Å²) in [7, 11) is 0. The molecule has 0 spiro atoms. The molecule has 0 atom stereocenters. The molecule has 25 heavy (non-hydrogen) atoms. The van der Waals surface area contributed by atoms with Crippen molar-refractivity contribution in [2.75, 3.05) is 13.1 Å². The molecule has 7 nitrogen and oxygen atoms in total. The van der Waals surface area contributed by atoms with E-state index in [9.17, 15) is 9.59 Å². The largest absolute Gasteiger partial charge is 0.460 e. The molecule has 1 saturated heterocycles. The van der Waals surface area contributed by atoms with Gasteiger partial charge in [-0.1, -0.05) is 11.6 Å². The minimum atomic E-state index is -0.402. The SMILES string of the molecule is Cc1[nH]c(=O)c(C(=O)N2CCC(Oc3ncccn3)CC2)c(C)c1Cl. The minimum absolute atomic E-state index is 0.0487. The quantitative estimate of drug-likeness (QED) is 0.903. The van der Waals surface area contributed by atoms with Crippen molar-refractivity contribution in [2.24, 2.45) is 0 Å². The molecule has 1 N–H and O–H groups in total. The Morgan fingerprint density at radius 2 is 1.92 bits per heavy atom. The molecule has 0 aliphatic carbocycles. The van der Waals surface area contributed by atoms with Gasteiger partial charge in [-0.05, 0) is 25.5 Å². The van der Waals surface area contributed by atoms with E-state index in [2.05, 4.69) is 15.0 Å². The van der Waals surface area contributed by atoms with Gasteiger partial charge in [0.25, 0.3) is 11.5 Å². The normalized spacial score (nSPS) is 15.2. The third-order valence-corrected chi connectivity index (χ3v) is 4.89. The monoisotopic (exact) mass is 362 g/mol. The fourth-order valence-electron chi connectivity index (χ4n) is 2.94. The minimum Gasteiger partial charge on any atom is -0.460 e. The van der Waals surface area contributed by atoms with Crippen molar-refractivity contribution < 1.29 is 9.53 Å². The molecule has 0 saturated carbocycles. The molecule has 0 radical (unpaired) electrons. The Morgan fingerprint density at radius 3 is 2.56 bits per heavy atom. The lowest BCUT2D eigenvalue weighted by Gasteiger charge is -2.31. The Labute approximate surface area is 150 Å². The van der Waals surface area contributed by atoms with Gasteiger partial charge in [-0.25, -0.2) is 9.97 Å². The highest BCUT2D eigenvalue weighted by molar-refractivity contribution is 6.32. The molecular formula is C17H19ClN4O3. The summed E-state index contributed by atoms with van der Waals surface area (Å²) in [6, 6.07) is 2.06. The average Bonchev–Trinajstić information content (AvgIpc) is 2.61. The van der Waals surface area contributed by atoms with Crippen LogP contribution in [0.15, 0.2) is 23.3 Å². The van der Waals surface area contributed by atoms with Crippen LogP contribution >= 0.6 is 11.6 Å². The third-order valence-electron chi connectivity index (χ3n) is 4.32. The topological polar surface area (TPSA) is 88.2 Å². The number of piperidine rings is 1. The zero-order chi connectivity index (χ0) is 18.0. The molecule has 2 aromatic rings. The number of amides is 1. The van der Waals surface area contributed by atoms with Crippen LogP contribution in [0.3, 0.4) is 0 Å². The van der Waals surface area contributed by atoms with E-state index in [0.717, 1.165) is 0 Å². The van der Waals surface area contributed by atoms with Crippen molar-refractivity contribution in [2.45, 2.75) is 32.8 Å². The number of nitrogens with zero attached hydrogens (tertiary/aromatic N) is 3. The van der Waals surface area contributed by atoms with E-state index >= 15 is 0 Å². The van der Waals surface area contributed by atoms with Crippen molar-refractivity contribution in [3.63, 3.8) is 0 Å². The third kappa shape index (κ3) is 3.66. The number of aromatic amines is 1. The average molecular weight is 363 g/mol. The number of rotatable bonds is 3. The lowest BCUT2D eigenvalue weighted by Crippen LogP contribution is -2.43. The van der Waals surface area contributed by atoms with Crippen LogP contribution < -0.4 is 10.3 Å². The molecule has 0 unspecified atom stereocenters.